The van der Waals surface area contributed by atoms with Crippen LogP contribution in [0.25, 0.3) is 22.5 Å². The SMILES string of the molecule is COc1ncnc(C2CC2)c1-c1cc(-c2nc(C(F)(F)F)cn2CCF)ccc1Cn1cccn1. The van der Waals surface area contributed by atoms with Crippen LogP contribution in [0.1, 0.15) is 35.7 Å². The summed E-state index contributed by atoms with van der Waals surface area (Å²) in [5.41, 5.74) is 2.44. The van der Waals surface area contributed by atoms with Crippen LogP contribution in [0.5, 0.6) is 5.88 Å². The van der Waals surface area contributed by atoms with E-state index < -0.39 is 18.5 Å². The summed E-state index contributed by atoms with van der Waals surface area (Å²) in [6.07, 6.45) is 3.11. The molecule has 7 nitrogen and oxygen atoms in total. The van der Waals surface area contributed by atoms with Gasteiger partial charge in [0.15, 0.2) is 5.69 Å². The minimum atomic E-state index is -4.64. The van der Waals surface area contributed by atoms with Crippen LogP contribution in [-0.2, 0) is 19.3 Å². The number of benzene rings is 1. The Bertz CT molecular complexity index is 1330. The third-order valence-corrected chi connectivity index (χ3v) is 5.92. The monoisotopic (exact) mass is 486 g/mol. The first-order valence-corrected chi connectivity index (χ1v) is 11.1. The van der Waals surface area contributed by atoms with Gasteiger partial charge in [0.1, 0.15) is 18.8 Å². The molecule has 1 aliphatic carbocycles. The topological polar surface area (TPSA) is 70.7 Å². The molecule has 1 aliphatic rings. The van der Waals surface area contributed by atoms with E-state index in [4.69, 9.17) is 4.74 Å². The van der Waals surface area contributed by atoms with Gasteiger partial charge in [0.25, 0.3) is 0 Å². The average molecular weight is 486 g/mol. The summed E-state index contributed by atoms with van der Waals surface area (Å²) < 4.78 is 61.9. The summed E-state index contributed by atoms with van der Waals surface area (Å²) in [6.45, 7) is -0.650. The molecule has 4 aromatic rings. The van der Waals surface area contributed by atoms with Crippen LogP contribution in [0, 0.1) is 0 Å². The van der Waals surface area contributed by atoms with Crippen molar-refractivity contribution in [3.8, 4) is 28.4 Å². The van der Waals surface area contributed by atoms with Crippen molar-refractivity contribution in [3.63, 3.8) is 0 Å². The van der Waals surface area contributed by atoms with Gasteiger partial charge in [0, 0.05) is 30.1 Å². The van der Waals surface area contributed by atoms with E-state index in [9.17, 15) is 17.6 Å². The van der Waals surface area contributed by atoms with Gasteiger partial charge in [-0.3, -0.25) is 4.68 Å². The molecule has 0 amide bonds. The summed E-state index contributed by atoms with van der Waals surface area (Å²) in [5, 5.41) is 4.28. The fourth-order valence-corrected chi connectivity index (χ4v) is 4.16. The highest BCUT2D eigenvalue weighted by molar-refractivity contribution is 5.79. The summed E-state index contributed by atoms with van der Waals surface area (Å²) >= 11 is 0. The van der Waals surface area contributed by atoms with Crippen LogP contribution < -0.4 is 4.74 Å². The molecule has 0 spiro atoms. The molecule has 1 fully saturated rings. The largest absolute Gasteiger partial charge is 0.480 e. The standard InChI is InChI=1S/C24H22F4N6O/c1-35-23-20(21(15-3-4-15)29-14-30-23)18-11-16(5-6-17(18)12-34-9-2-8-31-34)22-32-19(24(26,27)28)13-33(22)10-7-25/h2,5-6,8-9,11,13-15H,3-4,7,10,12H2,1H3. The molecule has 0 atom stereocenters. The molecule has 5 rings (SSSR count). The predicted molar refractivity (Wildman–Crippen MR) is 120 cm³/mol. The maximum Gasteiger partial charge on any atom is 0.434 e. The molecular weight excluding hydrogens is 464 g/mol. The van der Waals surface area contributed by atoms with Gasteiger partial charge in [-0.15, -0.1) is 0 Å². The smallest absolute Gasteiger partial charge is 0.434 e. The van der Waals surface area contributed by atoms with Gasteiger partial charge in [-0.1, -0.05) is 12.1 Å². The van der Waals surface area contributed by atoms with Crippen molar-refractivity contribution in [1.82, 2.24) is 29.3 Å². The Kier molecular flexibility index (Phi) is 6.00. The van der Waals surface area contributed by atoms with Gasteiger partial charge < -0.3 is 9.30 Å². The first kappa shape index (κ1) is 23.0. The Morgan fingerprint density at radius 1 is 1.17 bits per heavy atom. The van der Waals surface area contributed by atoms with E-state index in [0.29, 0.717) is 29.1 Å². The lowest BCUT2D eigenvalue weighted by Gasteiger charge is -2.17. The predicted octanol–water partition coefficient (Wildman–Crippen LogP) is 5.13. The number of hydrogen-bond donors (Lipinski definition) is 0. The number of imidazole rings is 1. The summed E-state index contributed by atoms with van der Waals surface area (Å²) in [5.74, 6) is 0.669. The van der Waals surface area contributed by atoms with E-state index in [0.717, 1.165) is 30.3 Å². The number of aryl methyl sites for hydroxylation is 1. The molecule has 0 aliphatic heterocycles. The number of halogens is 4. The molecule has 0 radical (unpaired) electrons. The molecule has 3 aromatic heterocycles. The van der Waals surface area contributed by atoms with Crippen molar-refractivity contribution in [1.29, 1.82) is 0 Å². The van der Waals surface area contributed by atoms with Crippen molar-refractivity contribution in [2.45, 2.75) is 38.0 Å². The fourth-order valence-electron chi connectivity index (χ4n) is 4.16. The highest BCUT2D eigenvalue weighted by Crippen LogP contribution is 2.47. The van der Waals surface area contributed by atoms with Crippen LogP contribution in [-0.4, -0.2) is 43.1 Å². The Morgan fingerprint density at radius 2 is 2.00 bits per heavy atom. The molecule has 0 saturated heterocycles. The molecule has 11 heteroatoms. The van der Waals surface area contributed by atoms with Gasteiger partial charge in [0.05, 0.1) is 31.5 Å². The fraction of sp³-hybridized carbons (Fsp3) is 0.333. The molecule has 1 aromatic carbocycles. The zero-order chi connectivity index (χ0) is 24.6. The van der Waals surface area contributed by atoms with Crippen molar-refractivity contribution in [2.24, 2.45) is 0 Å². The zero-order valence-corrected chi connectivity index (χ0v) is 18.8. The van der Waals surface area contributed by atoms with Crippen molar-refractivity contribution in [3.05, 3.63) is 66.1 Å². The zero-order valence-electron chi connectivity index (χ0n) is 18.8. The van der Waals surface area contributed by atoms with Crippen LogP contribution in [0.4, 0.5) is 17.6 Å². The number of ether oxygens (including phenoxy) is 1. The summed E-state index contributed by atoms with van der Waals surface area (Å²) in [6, 6.07) is 7.06. The number of alkyl halides is 4. The van der Waals surface area contributed by atoms with Crippen LogP contribution in [0.15, 0.2) is 49.2 Å². The second-order valence-corrected chi connectivity index (χ2v) is 8.32. The number of hydrogen-bond acceptors (Lipinski definition) is 5. The molecule has 0 bridgehead atoms. The first-order valence-electron chi connectivity index (χ1n) is 11.1. The summed E-state index contributed by atoms with van der Waals surface area (Å²) in [7, 11) is 1.52. The van der Waals surface area contributed by atoms with Gasteiger partial charge >= 0.3 is 6.18 Å². The molecule has 3 heterocycles. The first-order chi connectivity index (χ1) is 16.9. The van der Waals surface area contributed by atoms with E-state index in [1.54, 1.807) is 23.0 Å². The van der Waals surface area contributed by atoms with Gasteiger partial charge in [0.2, 0.25) is 5.88 Å². The maximum atomic E-state index is 13.4. The molecule has 0 N–H and O–H groups in total. The second-order valence-electron chi connectivity index (χ2n) is 8.32. The van der Waals surface area contributed by atoms with E-state index in [1.165, 1.54) is 18.0 Å². The number of methoxy groups -OCH3 is 1. The summed E-state index contributed by atoms with van der Waals surface area (Å²) in [4.78, 5) is 12.6. The van der Waals surface area contributed by atoms with E-state index >= 15 is 0 Å². The lowest BCUT2D eigenvalue weighted by atomic mass is 9.94. The molecular formula is C24H22F4N6O. The Balaban J connectivity index is 1.71. The Labute approximate surface area is 198 Å². The van der Waals surface area contributed by atoms with Crippen molar-refractivity contribution in [2.75, 3.05) is 13.8 Å². The Morgan fingerprint density at radius 3 is 2.66 bits per heavy atom. The van der Waals surface area contributed by atoms with Gasteiger partial charge in [-0.05, 0) is 36.1 Å². The van der Waals surface area contributed by atoms with Crippen molar-refractivity contribution >= 4 is 0 Å². The Hall–Kier alpha value is -3.76. The molecule has 1 saturated carbocycles. The lowest BCUT2D eigenvalue weighted by Crippen LogP contribution is -2.06. The van der Waals surface area contributed by atoms with Gasteiger partial charge in [-0.25, -0.2) is 19.3 Å². The molecule has 0 unspecified atom stereocenters. The minimum Gasteiger partial charge on any atom is -0.480 e. The highest BCUT2D eigenvalue weighted by atomic mass is 19.4. The maximum absolute atomic E-state index is 13.4. The quantitative estimate of drug-likeness (QED) is 0.323. The third-order valence-electron chi connectivity index (χ3n) is 5.92. The average Bonchev–Trinajstić information content (AvgIpc) is 3.38. The highest BCUT2D eigenvalue weighted by Gasteiger charge is 2.35. The van der Waals surface area contributed by atoms with E-state index in [2.05, 4.69) is 20.1 Å². The lowest BCUT2D eigenvalue weighted by molar-refractivity contribution is -0.140. The van der Waals surface area contributed by atoms with Crippen LogP contribution in [0.2, 0.25) is 0 Å². The second kappa shape index (κ2) is 9.12. The third kappa shape index (κ3) is 4.62. The number of aromatic nitrogens is 6. The molecule has 35 heavy (non-hydrogen) atoms. The molecule has 182 valence electrons. The van der Waals surface area contributed by atoms with E-state index in [-0.39, 0.29) is 18.3 Å². The van der Waals surface area contributed by atoms with Gasteiger partial charge in [-0.2, -0.15) is 18.3 Å². The van der Waals surface area contributed by atoms with Crippen LogP contribution >= 0.6 is 0 Å². The van der Waals surface area contributed by atoms with Crippen LogP contribution in [0.3, 0.4) is 0 Å². The number of rotatable bonds is 8. The van der Waals surface area contributed by atoms with E-state index in [1.807, 2.05) is 18.3 Å². The normalized spacial score (nSPS) is 13.9. The van der Waals surface area contributed by atoms with Crippen molar-refractivity contribution < 1.29 is 22.3 Å². The minimum absolute atomic E-state index is 0.0330. The number of nitrogens with zero attached hydrogens (tertiary/aromatic N) is 6.